The summed E-state index contributed by atoms with van der Waals surface area (Å²) in [5.41, 5.74) is 10.0. The van der Waals surface area contributed by atoms with Crippen LogP contribution in [0.4, 0.5) is 5.82 Å². The number of fused-ring (bicyclic) bond motifs is 3. The van der Waals surface area contributed by atoms with Crippen LogP contribution in [-0.2, 0) is 4.74 Å². The summed E-state index contributed by atoms with van der Waals surface area (Å²) in [6, 6.07) is 2.04. The van der Waals surface area contributed by atoms with Crippen LogP contribution in [0.5, 0.6) is 0 Å². The van der Waals surface area contributed by atoms with Gasteiger partial charge in [0, 0.05) is 47.6 Å². The van der Waals surface area contributed by atoms with E-state index in [1.807, 2.05) is 38.4 Å². The van der Waals surface area contributed by atoms with Crippen molar-refractivity contribution in [1.82, 2.24) is 9.97 Å². The Labute approximate surface area is 206 Å². The smallest absolute Gasteiger partial charge is 0.217 e. The van der Waals surface area contributed by atoms with Gasteiger partial charge in [-0.1, -0.05) is 18.2 Å². The fourth-order valence-corrected chi connectivity index (χ4v) is 4.95. The minimum absolute atomic E-state index is 0.566. The molecule has 35 heavy (non-hydrogen) atoms. The van der Waals surface area contributed by atoms with E-state index in [2.05, 4.69) is 45.2 Å². The number of hydrogen-bond donors (Lipinski definition) is 2. The monoisotopic (exact) mass is 465 g/mol. The Balaban J connectivity index is 1.56. The third-order valence-corrected chi connectivity index (χ3v) is 6.84. The van der Waals surface area contributed by atoms with Crippen molar-refractivity contribution in [3.8, 4) is 0 Å². The number of H-pyrrole nitrogens is 1. The second-order valence-corrected chi connectivity index (χ2v) is 9.24. The second kappa shape index (κ2) is 9.77. The van der Waals surface area contributed by atoms with Crippen LogP contribution in [0.3, 0.4) is 0 Å². The van der Waals surface area contributed by atoms with Gasteiger partial charge in [0.15, 0.2) is 0 Å². The first kappa shape index (κ1) is 22.9. The van der Waals surface area contributed by atoms with Crippen LogP contribution >= 0.6 is 0 Å². The van der Waals surface area contributed by atoms with Crippen molar-refractivity contribution in [1.29, 1.82) is 0 Å². The highest BCUT2D eigenvalue weighted by atomic mass is 16.5. The predicted octanol–water partition coefficient (Wildman–Crippen LogP) is 6.48. The molecule has 5 rings (SSSR count). The van der Waals surface area contributed by atoms with E-state index in [-0.39, 0.29) is 0 Å². The molecule has 1 atom stereocenters. The van der Waals surface area contributed by atoms with Gasteiger partial charge in [-0.2, -0.15) is 0 Å². The van der Waals surface area contributed by atoms with Crippen molar-refractivity contribution in [3.05, 3.63) is 84.2 Å². The molecule has 1 aliphatic carbocycles. The molecule has 0 spiro atoms. The summed E-state index contributed by atoms with van der Waals surface area (Å²) in [6.07, 6.45) is 16.5. The lowest BCUT2D eigenvalue weighted by Gasteiger charge is -2.26. The minimum Gasteiger partial charge on any atom is -0.462 e. The SMILES string of the molecule is C=CCC1CCC(=CC2=NC(OC3=CN=C(C)C=C=C3)C(=C)c3[nH]c4c(NC)nccc4c32)CC1. The number of nitrogens with zero attached hydrogens (tertiary/aromatic N) is 3. The first-order valence-corrected chi connectivity index (χ1v) is 12.2. The predicted molar refractivity (Wildman–Crippen MR) is 145 cm³/mol. The molecule has 0 bridgehead atoms. The number of ether oxygens (including phenoxy) is 1. The lowest BCUT2D eigenvalue weighted by Crippen LogP contribution is -2.21. The number of aromatic amines is 1. The van der Waals surface area contributed by atoms with Gasteiger partial charge in [0.25, 0.3) is 0 Å². The number of anilines is 1. The summed E-state index contributed by atoms with van der Waals surface area (Å²) in [7, 11) is 1.88. The van der Waals surface area contributed by atoms with E-state index in [0.29, 0.717) is 5.76 Å². The summed E-state index contributed by atoms with van der Waals surface area (Å²) in [6.45, 7) is 10.2. The molecule has 2 aromatic heterocycles. The number of hydrogen-bond acceptors (Lipinski definition) is 5. The standard InChI is InChI=1S/C29H31N5O/c1-5-7-20-10-12-21(13-11-20)16-24-25-23-14-15-31-28(30-4)27(23)34-26(25)19(3)29(33-24)35-22-9-6-8-18(2)32-17-22/h5,8-9,14-17,20,29,34H,1,3,7,10-13H2,2,4H3,(H,30,31). The van der Waals surface area contributed by atoms with Crippen molar-refractivity contribution >= 4 is 33.7 Å². The van der Waals surface area contributed by atoms with Crippen LogP contribution in [0.15, 0.2) is 83.0 Å². The van der Waals surface area contributed by atoms with Gasteiger partial charge in [0.1, 0.15) is 11.6 Å². The molecular formula is C29H31N5O. The normalized spacial score (nSPS) is 21.6. The van der Waals surface area contributed by atoms with E-state index < -0.39 is 6.23 Å². The second-order valence-electron chi connectivity index (χ2n) is 9.24. The Morgan fingerprint density at radius 1 is 1.29 bits per heavy atom. The number of pyridine rings is 1. The molecule has 2 N–H and O–H groups in total. The molecule has 0 radical (unpaired) electrons. The molecule has 1 fully saturated rings. The number of rotatable bonds is 6. The highest BCUT2D eigenvalue weighted by Crippen LogP contribution is 2.38. The highest BCUT2D eigenvalue weighted by Gasteiger charge is 2.30. The van der Waals surface area contributed by atoms with Crippen LogP contribution in [0, 0.1) is 5.92 Å². The fraction of sp³-hybridized carbons (Fsp3) is 0.310. The molecule has 178 valence electrons. The van der Waals surface area contributed by atoms with E-state index in [9.17, 15) is 0 Å². The molecule has 0 amide bonds. The zero-order valence-corrected chi connectivity index (χ0v) is 20.4. The van der Waals surface area contributed by atoms with Crippen LogP contribution in [0.1, 0.15) is 50.3 Å². The molecule has 6 heteroatoms. The average molecular weight is 466 g/mol. The molecule has 4 heterocycles. The zero-order valence-electron chi connectivity index (χ0n) is 20.4. The van der Waals surface area contributed by atoms with Crippen LogP contribution in [0.2, 0.25) is 0 Å². The number of aromatic nitrogens is 2. The van der Waals surface area contributed by atoms with Gasteiger partial charge < -0.3 is 15.0 Å². The van der Waals surface area contributed by atoms with E-state index in [1.165, 1.54) is 18.4 Å². The van der Waals surface area contributed by atoms with E-state index >= 15 is 0 Å². The van der Waals surface area contributed by atoms with E-state index in [0.717, 1.165) is 70.2 Å². The van der Waals surface area contributed by atoms with Gasteiger partial charge in [-0.05, 0) is 57.1 Å². The van der Waals surface area contributed by atoms with Gasteiger partial charge in [-0.3, -0.25) is 4.99 Å². The van der Waals surface area contributed by atoms with Gasteiger partial charge >= 0.3 is 0 Å². The van der Waals surface area contributed by atoms with Gasteiger partial charge in [-0.25, -0.2) is 9.98 Å². The summed E-state index contributed by atoms with van der Waals surface area (Å²) in [5.74, 6) is 2.12. The Morgan fingerprint density at radius 2 is 2.11 bits per heavy atom. The van der Waals surface area contributed by atoms with Gasteiger partial charge in [0.05, 0.1) is 23.1 Å². The Kier molecular flexibility index (Phi) is 6.39. The lowest BCUT2D eigenvalue weighted by atomic mass is 9.83. The third kappa shape index (κ3) is 4.58. The maximum atomic E-state index is 6.29. The molecular weight excluding hydrogens is 434 g/mol. The molecule has 2 aromatic rings. The molecule has 2 aliphatic heterocycles. The van der Waals surface area contributed by atoms with Gasteiger partial charge in [-0.15, -0.1) is 12.3 Å². The molecule has 6 nitrogen and oxygen atoms in total. The first-order chi connectivity index (χ1) is 17.1. The molecule has 3 aliphatic rings. The minimum atomic E-state index is -0.566. The van der Waals surface area contributed by atoms with Crippen LogP contribution in [-0.4, -0.2) is 34.7 Å². The molecule has 0 aromatic carbocycles. The largest absolute Gasteiger partial charge is 0.462 e. The van der Waals surface area contributed by atoms with Crippen molar-refractivity contribution in [3.63, 3.8) is 0 Å². The maximum absolute atomic E-state index is 6.29. The zero-order chi connectivity index (χ0) is 24.4. The quantitative estimate of drug-likeness (QED) is 0.379. The fourth-order valence-electron chi connectivity index (χ4n) is 4.95. The Morgan fingerprint density at radius 3 is 2.89 bits per heavy atom. The van der Waals surface area contributed by atoms with Crippen molar-refractivity contribution in [2.75, 3.05) is 12.4 Å². The molecule has 1 saturated carbocycles. The lowest BCUT2D eigenvalue weighted by molar-refractivity contribution is 0.179. The number of allylic oxidation sites excluding steroid dienone is 4. The summed E-state index contributed by atoms with van der Waals surface area (Å²) < 4.78 is 6.29. The average Bonchev–Trinajstić information content (AvgIpc) is 3.15. The van der Waals surface area contributed by atoms with E-state index in [4.69, 9.17) is 9.73 Å². The number of nitrogens with one attached hydrogen (secondary N) is 2. The highest BCUT2D eigenvalue weighted by molar-refractivity contribution is 6.21. The summed E-state index contributed by atoms with van der Waals surface area (Å²) in [4.78, 5) is 17.5. The van der Waals surface area contributed by atoms with Crippen LogP contribution in [0.25, 0.3) is 16.5 Å². The van der Waals surface area contributed by atoms with Crippen LogP contribution < -0.4 is 5.32 Å². The number of aliphatic imine (C=N–C) groups is 2. The van der Waals surface area contributed by atoms with Crippen molar-refractivity contribution in [2.24, 2.45) is 15.9 Å². The first-order valence-electron chi connectivity index (χ1n) is 12.2. The molecule has 0 saturated heterocycles. The Bertz CT molecular complexity index is 1370. The molecule has 1 unspecified atom stereocenters. The Hall–Kier alpha value is -3.89. The van der Waals surface area contributed by atoms with E-state index in [1.54, 1.807) is 12.3 Å². The topological polar surface area (TPSA) is 74.7 Å². The van der Waals surface area contributed by atoms with Crippen molar-refractivity contribution in [2.45, 2.75) is 45.3 Å². The third-order valence-electron chi connectivity index (χ3n) is 6.84. The summed E-state index contributed by atoms with van der Waals surface area (Å²) >= 11 is 0. The van der Waals surface area contributed by atoms with Gasteiger partial charge in [0.2, 0.25) is 6.23 Å². The maximum Gasteiger partial charge on any atom is 0.217 e. The summed E-state index contributed by atoms with van der Waals surface area (Å²) in [5, 5.41) is 4.26. The van der Waals surface area contributed by atoms with Crippen molar-refractivity contribution < 1.29 is 4.74 Å².